The third-order valence-electron chi connectivity index (χ3n) is 6.17. The van der Waals surface area contributed by atoms with Gasteiger partial charge in [-0.05, 0) is 30.2 Å². The van der Waals surface area contributed by atoms with E-state index in [9.17, 15) is 4.79 Å². The number of carboxylic acid groups (broad SMARTS) is 1. The van der Waals surface area contributed by atoms with Gasteiger partial charge in [-0.15, -0.1) is 0 Å². The molecule has 1 aromatic carbocycles. The normalized spacial score (nSPS) is 31.3. The zero-order valence-corrected chi connectivity index (χ0v) is 14.2. The molecule has 0 spiro atoms. The number of amides is 1. The van der Waals surface area contributed by atoms with Crippen molar-refractivity contribution >= 4 is 6.09 Å². The fourth-order valence-corrected chi connectivity index (χ4v) is 4.85. The zero-order valence-electron chi connectivity index (χ0n) is 14.2. The smallest absolute Gasteiger partial charge is 0.407 e. The Morgan fingerprint density at radius 3 is 2.21 bits per heavy atom. The first-order valence-electron chi connectivity index (χ1n) is 9.17. The van der Waals surface area contributed by atoms with E-state index in [4.69, 9.17) is 5.11 Å². The summed E-state index contributed by atoms with van der Waals surface area (Å²) in [5, 5.41) is 9.14. The molecule has 2 aliphatic heterocycles. The molecule has 0 aromatic heterocycles. The number of benzene rings is 1. The van der Waals surface area contributed by atoms with Crippen molar-refractivity contribution in [1.82, 2.24) is 14.7 Å². The van der Waals surface area contributed by atoms with Crippen LogP contribution in [0, 0.1) is 11.8 Å². The predicted molar refractivity (Wildman–Crippen MR) is 92.9 cm³/mol. The summed E-state index contributed by atoms with van der Waals surface area (Å²) in [7, 11) is 0. The van der Waals surface area contributed by atoms with Crippen LogP contribution in [0.15, 0.2) is 30.3 Å². The number of fused-ring (bicyclic) bond motifs is 1. The Labute approximate surface area is 143 Å². The van der Waals surface area contributed by atoms with Crippen LogP contribution in [-0.2, 0) is 6.54 Å². The van der Waals surface area contributed by atoms with Crippen molar-refractivity contribution in [1.29, 1.82) is 0 Å². The van der Waals surface area contributed by atoms with Gasteiger partial charge in [0.1, 0.15) is 0 Å². The number of hydrogen-bond acceptors (Lipinski definition) is 3. The summed E-state index contributed by atoms with van der Waals surface area (Å²) in [6.07, 6.45) is 1.63. The molecule has 1 aromatic rings. The summed E-state index contributed by atoms with van der Waals surface area (Å²) < 4.78 is 0. The molecule has 130 valence electrons. The van der Waals surface area contributed by atoms with E-state index in [1.54, 1.807) is 4.90 Å². The van der Waals surface area contributed by atoms with Crippen LogP contribution >= 0.6 is 0 Å². The Morgan fingerprint density at radius 2 is 1.62 bits per heavy atom. The summed E-state index contributed by atoms with van der Waals surface area (Å²) in [6.45, 7) is 7.15. The summed E-state index contributed by atoms with van der Waals surface area (Å²) in [5.41, 5.74) is 1.40. The third-order valence-corrected chi connectivity index (χ3v) is 6.17. The Kier molecular flexibility index (Phi) is 4.46. The van der Waals surface area contributed by atoms with Gasteiger partial charge < -0.3 is 10.0 Å². The SMILES string of the molecule is O=C(O)N1CC2CC(N3CCN(Cc4ccccc4)CC3)CC2C1. The number of rotatable bonds is 3. The minimum absolute atomic E-state index is 0.591. The van der Waals surface area contributed by atoms with E-state index in [2.05, 4.69) is 40.1 Å². The molecule has 2 heterocycles. The number of carbonyl (C=O) groups is 1. The molecule has 2 saturated heterocycles. The summed E-state index contributed by atoms with van der Waals surface area (Å²) in [5.74, 6) is 1.18. The molecule has 4 rings (SSSR count). The van der Waals surface area contributed by atoms with Gasteiger partial charge in [0.05, 0.1) is 0 Å². The summed E-state index contributed by atoms with van der Waals surface area (Å²) in [6, 6.07) is 11.4. The van der Waals surface area contributed by atoms with E-state index >= 15 is 0 Å². The van der Waals surface area contributed by atoms with Crippen LogP contribution < -0.4 is 0 Å². The van der Waals surface area contributed by atoms with Crippen molar-refractivity contribution in [3.63, 3.8) is 0 Å². The number of likely N-dealkylation sites (tertiary alicyclic amines) is 1. The molecule has 1 amide bonds. The molecule has 0 radical (unpaired) electrons. The molecule has 3 fully saturated rings. The number of hydrogen-bond donors (Lipinski definition) is 1. The van der Waals surface area contributed by atoms with Crippen molar-refractivity contribution < 1.29 is 9.90 Å². The van der Waals surface area contributed by atoms with Gasteiger partial charge in [-0.2, -0.15) is 0 Å². The van der Waals surface area contributed by atoms with Crippen molar-refractivity contribution in [3.05, 3.63) is 35.9 Å². The maximum absolute atomic E-state index is 11.1. The van der Waals surface area contributed by atoms with Crippen LogP contribution in [0.3, 0.4) is 0 Å². The molecule has 0 bridgehead atoms. The summed E-state index contributed by atoms with van der Waals surface area (Å²) >= 11 is 0. The van der Waals surface area contributed by atoms with E-state index in [0.29, 0.717) is 17.9 Å². The van der Waals surface area contributed by atoms with E-state index in [0.717, 1.165) is 45.8 Å². The Balaban J connectivity index is 1.25. The highest BCUT2D eigenvalue weighted by Crippen LogP contribution is 2.40. The van der Waals surface area contributed by atoms with E-state index in [1.807, 2.05) is 0 Å². The lowest BCUT2D eigenvalue weighted by Crippen LogP contribution is -2.49. The molecule has 1 N–H and O–H groups in total. The maximum atomic E-state index is 11.1. The van der Waals surface area contributed by atoms with Crippen LogP contribution in [0.1, 0.15) is 18.4 Å². The van der Waals surface area contributed by atoms with Crippen LogP contribution in [-0.4, -0.2) is 71.2 Å². The first-order chi connectivity index (χ1) is 11.7. The van der Waals surface area contributed by atoms with Gasteiger partial charge in [0, 0.05) is 51.9 Å². The van der Waals surface area contributed by atoms with Crippen molar-refractivity contribution in [2.75, 3.05) is 39.3 Å². The largest absolute Gasteiger partial charge is 0.465 e. The Hall–Kier alpha value is -1.59. The molecule has 3 aliphatic rings. The monoisotopic (exact) mass is 329 g/mol. The molecule has 24 heavy (non-hydrogen) atoms. The van der Waals surface area contributed by atoms with Gasteiger partial charge in [0.25, 0.3) is 0 Å². The van der Waals surface area contributed by atoms with Gasteiger partial charge in [-0.25, -0.2) is 4.79 Å². The Bertz CT molecular complexity index is 557. The average Bonchev–Trinajstić information content (AvgIpc) is 3.15. The fraction of sp³-hybridized carbons (Fsp3) is 0.632. The molecular weight excluding hydrogens is 302 g/mol. The second-order valence-electron chi connectivity index (χ2n) is 7.63. The lowest BCUT2D eigenvalue weighted by atomic mass is 10.0. The number of piperazine rings is 1. The van der Waals surface area contributed by atoms with Gasteiger partial charge in [-0.1, -0.05) is 30.3 Å². The molecule has 5 nitrogen and oxygen atoms in total. The van der Waals surface area contributed by atoms with E-state index in [-0.39, 0.29) is 0 Å². The van der Waals surface area contributed by atoms with Crippen LogP contribution in [0.2, 0.25) is 0 Å². The second kappa shape index (κ2) is 6.73. The van der Waals surface area contributed by atoms with Crippen LogP contribution in [0.25, 0.3) is 0 Å². The van der Waals surface area contributed by atoms with Gasteiger partial charge in [0.15, 0.2) is 0 Å². The topological polar surface area (TPSA) is 47.0 Å². The highest BCUT2D eigenvalue weighted by molar-refractivity contribution is 5.65. The zero-order chi connectivity index (χ0) is 16.5. The van der Waals surface area contributed by atoms with Crippen molar-refractivity contribution in [3.8, 4) is 0 Å². The summed E-state index contributed by atoms with van der Waals surface area (Å²) in [4.78, 5) is 17.9. The fourth-order valence-electron chi connectivity index (χ4n) is 4.85. The van der Waals surface area contributed by atoms with Gasteiger partial charge in [0.2, 0.25) is 0 Å². The molecule has 2 unspecified atom stereocenters. The minimum atomic E-state index is -0.740. The molecule has 1 saturated carbocycles. The molecule has 1 aliphatic carbocycles. The first kappa shape index (κ1) is 15.9. The van der Waals surface area contributed by atoms with Crippen molar-refractivity contribution in [2.45, 2.75) is 25.4 Å². The third kappa shape index (κ3) is 3.28. The lowest BCUT2D eigenvalue weighted by Gasteiger charge is -2.38. The maximum Gasteiger partial charge on any atom is 0.407 e. The quantitative estimate of drug-likeness (QED) is 0.923. The second-order valence-corrected chi connectivity index (χ2v) is 7.63. The van der Waals surface area contributed by atoms with Gasteiger partial charge >= 0.3 is 6.09 Å². The van der Waals surface area contributed by atoms with Crippen LogP contribution in [0.4, 0.5) is 4.79 Å². The minimum Gasteiger partial charge on any atom is -0.465 e. The predicted octanol–water partition coefficient (Wildman–Crippen LogP) is 2.19. The van der Waals surface area contributed by atoms with Gasteiger partial charge in [-0.3, -0.25) is 9.80 Å². The highest BCUT2D eigenvalue weighted by atomic mass is 16.4. The standard InChI is InChI=1S/C19H27N3O2/c23-19(24)22-13-16-10-18(11-17(16)14-22)21-8-6-20(7-9-21)12-15-4-2-1-3-5-15/h1-5,16-18H,6-14H2,(H,23,24). The molecule has 5 heteroatoms. The lowest BCUT2D eigenvalue weighted by molar-refractivity contribution is 0.0878. The van der Waals surface area contributed by atoms with Crippen LogP contribution in [0.5, 0.6) is 0 Å². The highest BCUT2D eigenvalue weighted by Gasteiger charge is 2.44. The molecular formula is C19H27N3O2. The molecule has 2 atom stereocenters. The Morgan fingerprint density at radius 1 is 1.00 bits per heavy atom. The first-order valence-corrected chi connectivity index (χ1v) is 9.17. The number of nitrogens with zero attached hydrogens (tertiary/aromatic N) is 3. The van der Waals surface area contributed by atoms with Crippen molar-refractivity contribution in [2.24, 2.45) is 11.8 Å². The average molecular weight is 329 g/mol. The van der Waals surface area contributed by atoms with E-state index in [1.165, 1.54) is 18.4 Å². The van der Waals surface area contributed by atoms with E-state index < -0.39 is 6.09 Å².